The molecule has 5 atom stereocenters. The standard InChI is InChI=1S/C23H24O11/c1-30-11-5-3-4-10(6-11)13-7-12(25)17-14(32-13)8-15(22(31-2)19(17)27)33-23-21(29)20(28)18(26)16(9-24)34-23/h3-8,16,18,20-21,23-24,26-29H,9H2,1-2H3/t16-,18-,20+,21-,23-/m0/s1. The first-order chi connectivity index (χ1) is 16.3. The summed E-state index contributed by atoms with van der Waals surface area (Å²) in [6.07, 6.45) is -7.70. The molecule has 1 saturated heterocycles. The van der Waals surface area contributed by atoms with Gasteiger partial charge in [0.1, 0.15) is 46.9 Å². The van der Waals surface area contributed by atoms with Crippen molar-refractivity contribution < 1.29 is 48.9 Å². The molecule has 1 fully saturated rings. The summed E-state index contributed by atoms with van der Waals surface area (Å²) in [5, 5.41) is 50.2. The summed E-state index contributed by atoms with van der Waals surface area (Å²) >= 11 is 0. The largest absolute Gasteiger partial charge is 0.504 e. The molecule has 0 spiro atoms. The summed E-state index contributed by atoms with van der Waals surface area (Å²) in [6.45, 7) is -0.649. The Morgan fingerprint density at radius 3 is 2.44 bits per heavy atom. The van der Waals surface area contributed by atoms with Crippen LogP contribution in [0.2, 0.25) is 0 Å². The molecule has 2 heterocycles. The highest BCUT2D eigenvalue weighted by Gasteiger charge is 2.45. The van der Waals surface area contributed by atoms with E-state index in [1.807, 2.05) is 0 Å². The van der Waals surface area contributed by atoms with Crippen molar-refractivity contribution in [2.24, 2.45) is 0 Å². The van der Waals surface area contributed by atoms with E-state index in [1.54, 1.807) is 24.3 Å². The number of rotatable bonds is 6. The highest BCUT2D eigenvalue weighted by molar-refractivity contribution is 5.89. The lowest BCUT2D eigenvalue weighted by Crippen LogP contribution is -2.60. The Bertz CT molecular complexity index is 1240. The summed E-state index contributed by atoms with van der Waals surface area (Å²) in [6, 6.07) is 9.30. The number of benzene rings is 2. The molecular weight excluding hydrogens is 452 g/mol. The minimum atomic E-state index is -1.70. The zero-order valence-corrected chi connectivity index (χ0v) is 18.2. The van der Waals surface area contributed by atoms with E-state index in [0.717, 1.165) is 0 Å². The minimum absolute atomic E-state index is 0.0526. The molecule has 1 aliphatic rings. The van der Waals surface area contributed by atoms with Gasteiger partial charge >= 0.3 is 0 Å². The monoisotopic (exact) mass is 476 g/mol. The van der Waals surface area contributed by atoms with E-state index in [9.17, 15) is 30.3 Å². The maximum absolute atomic E-state index is 12.8. The van der Waals surface area contributed by atoms with Crippen molar-refractivity contribution in [3.05, 3.63) is 46.6 Å². The zero-order valence-electron chi connectivity index (χ0n) is 18.2. The molecule has 0 amide bonds. The van der Waals surface area contributed by atoms with Gasteiger partial charge in [-0.1, -0.05) is 12.1 Å². The molecule has 0 aliphatic carbocycles. The van der Waals surface area contributed by atoms with Crippen molar-refractivity contribution in [2.45, 2.75) is 30.7 Å². The molecule has 11 heteroatoms. The summed E-state index contributed by atoms with van der Waals surface area (Å²) in [4.78, 5) is 12.8. The second-order valence-electron chi connectivity index (χ2n) is 7.65. The molecule has 2 aromatic carbocycles. The molecule has 1 aliphatic heterocycles. The number of hydrogen-bond acceptors (Lipinski definition) is 11. The van der Waals surface area contributed by atoms with Crippen LogP contribution in [0.15, 0.2) is 45.6 Å². The van der Waals surface area contributed by atoms with Gasteiger partial charge in [0.15, 0.2) is 16.9 Å². The molecule has 1 aromatic heterocycles. The van der Waals surface area contributed by atoms with Crippen molar-refractivity contribution in [3.8, 4) is 34.3 Å². The van der Waals surface area contributed by atoms with Gasteiger partial charge in [-0.2, -0.15) is 0 Å². The van der Waals surface area contributed by atoms with Gasteiger partial charge in [0.25, 0.3) is 0 Å². The Morgan fingerprint density at radius 2 is 1.76 bits per heavy atom. The number of aliphatic hydroxyl groups excluding tert-OH is 4. The van der Waals surface area contributed by atoms with Crippen LogP contribution in [-0.4, -0.2) is 77.1 Å². The van der Waals surface area contributed by atoms with Gasteiger partial charge in [0.05, 0.1) is 20.8 Å². The third-order valence-corrected chi connectivity index (χ3v) is 5.56. The van der Waals surface area contributed by atoms with Gasteiger partial charge < -0.3 is 48.9 Å². The lowest BCUT2D eigenvalue weighted by molar-refractivity contribution is -0.277. The third-order valence-electron chi connectivity index (χ3n) is 5.56. The highest BCUT2D eigenvalue weighted by atomic mass is 16.7. The van der Waals surface area contributed by atoms with E-state index in [2.05, 4.69) is 0 Å². The molecular formula is C23H24O11. The van der Waals surface area contributed by atoms with E-state index < -0.39 is 48.5 Å². The maximum atomic E-state index is 12.8. The molecule has 182 valence electrons. The lowest BCUT2D eigenvalue weighted by atomic mass is 9.99. The Morgan fingerprint density at radius 1 is 1.00 bits per heavy atom. The van der Waals surface area contributed by atoms with Crippen LogP contribution in [0.3, 0.4) is 0 Å². The SMILES string of the molecule is COc1cccc(-c2cc(=O)c3c(O)c(OC)c(O[C@H]4O[C@@H](CO)[C@H](O)[C@@H](O)[C@@H]4O)cc3o2)c1. The first-order valence-corrected chi connectivity index (χ1v) is 10.3. The third kappa shape index (κ3) is 4.15. The molecule has 3 aromatic rings. The average molecular weight is 476 g/mol. The van der Waals surface area contributed by atoms with E-state index in [1.165, 1.54) is 26.4 Å². The summed E-state index contributed by atoms with van der Waals surface area (Å²) < 4.78 is 27.2. The normalized spacial score (nSPS) is 24.7. The number of fused-ring (bicyclic) bond motifs is 1. The fourth-order valence-electron chi connectivity index (χ4n) is 3.75. The Balaban J connectivity index is 1.80. The molecule has 0 radical (unpaired) electrons. The van der Waals surface area contributed by atoms with Gasteiger partial charge in [0, 0.05) is 17.7 Å². The van der Waals surface area contributed by atoms with Crippen LogP contribution < -0.4 is 19.6 Å². The van der Waals surface area contributed by atoms with Crippen molar-refractivity contribution in [1.29, 1.82) is 0 Å². The van der Waals surface area contributed by atoms with E-state index in [-0.39, 0.29) is 28.2 Å². The number of ether oxygens (including phenoxy) is 4. The fraction of sp³-hybridized carbons (Fsp3) is 0.348. The second kappa shape index (κ2) is 9.49. The summed E-state index contributed by atoms with van der Waals surface area (Å²) in [7, 11) is 2.73. The molecule has 4 rings (SSSR count). The Labute approximate surface area is 192 Å². The van der Waals surface area contributed by atoms with E-state index in [0.29, 0.717) is 11.3 Å². The second-order valence-corrected chi connectivity index (χ2v) is 7.65. The van der Waals surface area contributed by atoms with Crippen LogP contribution in [0, 0.1) is 0 Å². The van der Waals surface area contributed by atoms with E-state index >= 15 is 0 Å². The first kappa shape index (κ1) is 23.8. The average Bonchev–Trinajstić information content (AvgIpc) is 2.84. The number of phenolic OH excluding ortho intramolecular Hbond substituents is 1. The van der Waals surface area contributed by atoms with E-state index in [4.69, 9.17) is 23.4 Å². The van der Waals surface area contributed by atoms with Crippen LogP contribution >= 0.6 is 0 Å². The van der Waals surface area contributed by atoms with Crippen molar-refractivity contribution >= 4 is 11.0 Å². The van der Waals surface area contributed by atoms with Crippen LogP contribution in [0.5, 0.6) is 23.0 Å². The molecule has 0 bridgehead atoms. The predicted molar refractivity (Wildman–Crippen MR) is 117 cm³/mol. The Kier molecular flexibility index (Phi) is 6.64. The van der Waals surface area contributed by atoms with Crippen LogP contribution in [0.1, 0.15) is 0 Å². The fourth-order valence-corrected chi connectivity index (χ4v) is 3.75. The predicted octanol–water partition coefficient (Wildman–Crippen LogP) is 0.361. The molecule has 0 saturated carbocycles. The van der Waals surface area contributed by atoms with Crippen molar-refractivity contribution in [2.75, 3.05) is 20.8 Å². The van der Waals surface area contributed by atoms with Gasteiger partial charge in [-0.05, 0) is 12.1 Å². The van der Waals surface area contributed by atoms with Gasteiger partial charge in [-0.3, -0.25) is 4.79 Å². The van der Waals surface area contributed by atoms with Crippen LogP contribution in [0.4, 0.5) is 0 Å². The van der Waals surface area contributed by atoms with Crippen molar-refractivity contribution in [3.63, 3.8) is 0 Å². The quantitative estimate of drug-likeness (QED) is 0.333. The van der Waals surface area contributed by atoms with Crippen LogP contribution in [-0.2, 0) is 4.74 Å². The first-order valence-electron chi connectivity index (χ1n) is 10.3. The maximum Gasteiger partial charge on any atom is 0.229 e. The molecule has 0 unspecified atom stereocenters. The Hall–Kier alpha value is -3.35. The number of aromatic hydroxyl groups is 1. The highest BCUT2D eigenvalue weighted by Crippen LogP contribution is 2.43. The van der Waals surface area contributed by atoms with Crippen molar-refractivity contribution in [1.82, 2.24) is 0 Å². The number of aliphatic hydroxyl groups is 4. The minimum Gasteiger partial charge on any atom is -0.504 e. The molecule has 34 heavy (non-hydrogen) atoms. The zero-order chi connectivity index (χ0) is 24.6. The molecule has 5 N–H and O–H groups in total. The smallest absolute Gasteiger partial charge is 0.229 e. The number of hydrogen-bond donors (Lipinski definition) is 5. The number of methoxy groups -OCH3 is 2. The topological polar surface area (TPSA) is 168 Å². The number of phenols is 1. The van der Waals surface area contributed by atoms with Gasteiger partial charge in [0.2, 0.25) is 12.0 Å². The summed E-state index contributed by atoms with van der Waals surface area (Å²) in [5.74, 6) is -0.247. The van der Waals surface area contributed by atoms with Gasteiger partial charge in [-0.25, -0.2) is 0 Å². The van der Waals surface area contributed by atoms with Gasteiger partial charge in [-0.15, -0.1) is 0 Å². The molecule has 11 nitrogen and oxygen atoms in total. The summed E-state index contributed by atoms with van der Waals surface area (Å²) in [5.41, 5.74) is -0.0532. The lowest BCUT2D eigenvalue weighted by Gasteiger charge is -2.39. The van der Waals surface area contributed by atoms with Crippen LogP contribution in [0.25, 0.3) is 22.3 Å².